The number of fused-ring (bicyclic) bond motifs is 2. The highest BCUT2D eigenvalue weighted by atomic mass is 32.2. The van der Waals surface area contributed by atoms with Crippen LogP contribution in [-0.4, -0.2) is 27.7 Å². The molecule has 1 atom stereocenters. The predicted octanol–water partition coefficient (Wildman–Crippen LogP) is 3.50. The summed E-state index contributed by atoms with van der Waals surface area (Å²) in [6.07, 6.45) is 2.74. The van der Waals surface area contributed by atoms with Gasteiger partial charge >= 0.3 is 6.61 Å². The Kier molecular flexibility index (Phi) is 5.07. The van der Waals surface area contributed by atoms with Gasteiger partial charge in [0.25, 0.3) is 0 Å². The molecule has 0 aromatic heterocycles. The third kappa shape index (κ3) is 4.02. The summed E-state index contributed by atoms with van der Waals surface area (Å²) in [6, 6.07) is 12.2. The number of benzene rings is 2. The molecule has 28 heavy (non-hydrogen) atoms. The summed E-state index contributed by atoms with van der Waals surface area (Å²) in [5.74, 6) is 0.865. The largest absolute Gasteiger partial charge is 0.488 e. The summed E-state index contributed by atoms with van der Waals surface area (Å²) in [5, 5.41) is 0. The lowest BCUT2D eigenvalue weighted by Gasteiger charge is -2.19. The van der Waals surface area contributed by atoms with Gasteiger partial charge in [-0.15, -0.1) is 0 Å². The Morgan fingerprint density at radius 1 is 1.14 bits per heavy atom. The molecular formula is C20H19F2NO4S. The van der Waals surface area contributed by atoms with Gasteiger partial charge in [-0.05, 0) is 53.8 Å². The maximum Gasteiger partial charge on any atom is 0.387 e. The highest BCUT2D eigenvalue weighted by Gasteiger charge is 2.27. The molecule has 2 aliphatic rings. The summed E-state index contributed by atoms with van der Waals surface area (Å²) in [5.41, 5.74) is 2.55. The van der Waals surface area contributed by atoms with Crippen molar-refractivity contribution < 1.29 is 26.7 Å². The van der Waals surface area contributed by atoms with Gasteiger partial charge in [0.15, 0.2) is 0 Å². The van der Waals surface area contributed by atoms with Crippen LogP contribution in [0.15, 0.2) is 47.4 Å². The van der Waals surface area contributed by atoms with E-state index in [1.165, 1.54) is 12.1 Å². The van der Waals surface area contributed by atoms with Crippen LogP contribution in [0.25, 0.3) is 6.08 Å². The van der Waals surface area contributed by atoms with E-state index in [0.29, 0.717) is 24.8 Å². The first kappa shape index (κ1) is 18.9. The van der Waals surface area contributed by atoms with E-state index in [2.05, 4.69) is 9.46 Å². The van der Waals surface area contributed by atoms with Gasteiger partial charge in [-0.2, -0.15) is 8.78 Å². The zero-order chi connectivity index (χ0) is 19.7. The molecule has 1 heterocycles. The average molecular weight is 407 g/mol. The number of alkyl halides is 2. The minimum absolute atomic E-state index is 0.0736. The van der Waals surface area contributed by atoms with E-state index >= 15 is 0 Å². The van der Waals surface area contributed by atoms with Crippen molar-refractivity contribution in [1.29, 1.82) is 0 Å². The first-order valence-corrected chi connectivity index (χ1v) is 10.4. The minimum atomic E-state index is -3.65. The van der Waals surface area contributed by atoms with Crippen molar-refractivity contribution in [2.45, 2.75) is 32.0 Å². The molecule has 0 amide bonds. The molecule has 0 spiro atoms. The van der Waals surface area contributed by atoms with Gasteiger partial charge in [0.1, 0.15) is 17.6 Å². The minimum Gasteiger partial charge on any atom is -0.488 e. The Morgan fingerprint density at radius 3 is 2.75 bits per heavy atom. The van der Waals surface area contributed by atoms with Gasteiger partial charge in [0, 0.05) is 13.0 Å². The molecule has 0 bridgehead atoms. The van der Waals surface area contributed by atoms with Crippen molar-refractivity contribution in [1.82, 2.24) is 4.72 Å². The van der Waals surface area contributed by atoms with Crippen molar-refractivity contribution in [3.63, 3.8) is 0 Å². The first-order valence-electron chi connectivity index (χ1n) is 8.93. The molecule has 4 rings (SSSR count). The molecule has 0 radical (unpaired) electrons. The van der Waals surface area contributed by atoms with Crippen LogP contribution in [-0.2, 0) is 22.9 Å². The fourth-order valence-corrected chi connectivity index (χ4v) is 4.74. The smallest absolute Gasteiger partial charge is 0.387 e. The number of rotatable bonds is 6. The monoisotopic (exact) mass is 407 g/mol. The molecule has 0 saturated heterocycles. The molecule has 2 aromatic rings. The fraction of sp³-hybridized carbons (Fsp3) is 0.300. The number of hydrogen-bond donors (Lipinski definition) is 1. The van der Waals surface area contributed by atoms with Gasteiger partial charge < -0.3 is 9.47 Å². The van der Waals surface area contributed by atoms with Crippen LogP contribution >= 0.6 is 0 Å². The number of ether oxygens (including phenoxy) is 2. The molecule has 1 aliphatic heterocycles. The van der Waals surface area contributed by atoms with Crippen molar-refractivity contribution in [2.75, 3.05) is 6.54 Å². The second-order valence-electron chi connectivity index (χ2n) is 6.75. The maximum atomic E-state index is 12.7. The third-order valence-corrected chi connectivity index (χ3v) is 6.42. The van der Waals surface area contributed by atoms with E-state index in [-0.39, 0.29) is 23.3 Å². The molecule has 5 nitrogen and oxygen atoms in total. The number of nitrogens with one attached hydrogen (secondary N) is 1. The van der Waals surface area contributed by atoms with Crippen LogP contribution in [0, 0.1) is 0 Å². The van der Waals surface area contributed by atoms with Crippen LogP contribution in [0.5, 0.6) is 11.5 Å². The predicted molar refractivity (Wildman–Crippen MR) is 101 cm³/mol. The van der Waals surface area contributed by atoms with E-state index in [1.807, 2.05) is 24.3 Å². The molecule has 1 N–H and O–H groups in total. The number of halogens is 2. The Balaban J connectivity index is 1.43. The zero-order valence-corrected chi connectivity index (χ0v) is 15.7. The number of allylic oxidation sites excluding steroid dienone is 1. The quantitative estimate of drug-likeness (QED) is 0.796. The number of para-hydroxylation sites is 1. The summed E-state index contributed by atoms with van der Waals surface area (Å²) in [4.78, 5) is 0.276. The molecule has 148 valence electrons. The van der Waals surface area contributed by atoms with Crippen LogP contribution in [0.4, 0.5) is 8.78 Å². The topological polar surface area (TPSA) is 64.6 Å². The lowest BCUT2D eigenvalue weighted by molar-refractivity contribution is -0.0498. The molecule has 0 saturated carbocycles. The van der Waals surface area contributed by atoms with E-state index in [9.17, 15) is 17.2 Å². The highest BCUT2D eigenvalue weighted by molar-refractivity contribution is 7.93. The second kappa shape index (κ2) is 7.52. The van der Waals surface area contributed by atoms with Crippen LogP contribution in [0.2, 0.25) is 0 Å². The SMILES string of the molecule is O=S(=O)(NC[C@H]1Cc2ccccc2O1)C1=Cc2ccc(OC(F)F)cc2CC1. The van der Waals surface area contributed by atoms with E-state index in [0.717, 1.165) is 16.9 Å². The summed E-state index contributed by atoms with van der Waals surface area (Å²) < 4.78 is 62.8. The fourth-order valence-electron chi connectivity index (χ4n) is 3.49. The van der Waals surface area contributed by atoms with E-state index in [1.54, 1.807) is 12.1 Å². The van der Waals surface area contributed by atoms with Crippen molar-refractivity contribution in [3.05, 3.63) is 64.1 Å². The van der Waals surface area contributed by atoms with Crippen LogP contribution < -0.4 is 14.2 Å². The van der Waals surface area contributed by atoms with Crippen LogP contribution in [0.3, 0.4) is 0 Å². The Labute approximate surface area is 162 Å². The Morgan fingerprint density at radius 2 is 1.96 bits per heavy atom. The normalized spacial score (nSPS) is 18.2. The molecule has 1 aliphatic carbocycles. The summed E-state index contributed by atoms with van der Waals surface area (Å²) >= 11 is 0. The first-order chi connectivity index (χ1) is 13.4. The maximum absolute atomic E-state index is 12.7. The van der Waals surface area contributed by atoms with Gasteiger partial charge in [-0.3, -0.25) is 0 Å². The molecule has 2 aromatic carbocycles. The van der Waals surface area contributed by atoms with Crippen molar-refractivity contribution in [2.24, 2.45) is 0 Å². The molecular weight excluding hydrogens is 388 g/mol. The van der Waals surface area contributed by atoms with Crippen molar-refractivity contribution in [3.8, 4) is 11.5 Å². The summed E-state index contributed by atoms with van der Waals surface area (Å²) in [6.45, 7) is -2.70. The Hall–Kier alpha value is -2.45. The zero-order valence-electron chi connectivity index (χ0n) is 14.9. The van der Waals surface area contributed by atoms with E-state index < -0.39 is 16.6 Å². The molecule has 8 heteroatoms. The van der Waals surface area contributed by atoms with Crippen molar-refractivity contribution >= 4 is 16.1 Å². The van der Waals surface area contributed by atoms with Gasteiger partial charge in [-0.25, -0.2) is 13.1 Å². The van der Waals surface area contributed by atoms with E-state index in [4.69, 9.17) is 4.74 Å². The van der Waals surface area contributed by atoms with Gasteiger partial charge in [-0.1, -0.05) is 24.3 Å². The van der Waals surface area contributed by atoms with Crippen LogP contribution in [0.1, 0.15) is 23.1 Å². The second-order valence-corrected chi connectivity index (χ2v) is 8.57. The third-order valence-electron chi connectivity index (χ3n) is 4.86. The summed E-state index contributed by atoms with van der Waals surface area (Å²) in [7, 11) is -3.65. The van der Waals surface area contributed by atoms with Gasteiger partial charge in [0.05, 0.1) is 4.91 Å². The number of hydrogen-bond acceptors (Lipinski definition) is 4. The molecule has 0 fully saturated rings. The number of sulfonamides is 1. The lowest BCUT2D eigenvalue weighted by atomic mass is 9.97. The number of aryl methyl sites for hydroxylation is 1. The van der Waals surface area contributed by atoms with Gasteiger partial charge in [0.2, 0.25) is 10.0 Å². The Bertz CT molecular complexity index is 996. The standard InChI is InChI=1S/C20H19F2NO4S/c21-20(22)27-16-7-5-14-11-18(8-6-13(14)9-16)28(24,25)23-12-17-10-15-3-1-2-4-19(15)26-17/h1-5,7,9,11,17,20,23H,6,8,10,12H2/t17-/m1/s1. The highest BCUT2D eigenvalue weighted by Crippen LogP contribution is 2.31. The lowest BCUT2D eigenvalue weighted by Crippen LogP contribution is -2.35. The molecule has 0 unspecified atom stereocenters. The average Bonchev–Trinajstić information content (AvgIpc) is 3.08.